The lowest BCUT2D eigenvalue weighted by molar-refractivity contribution is -0.154. The third kappa shape index (κ3) is 1.81. The van der Waals surface area contributed by atoms with Crippen LogP contribution in [-0.4, -0.2) is 34.8 Å². The average molecular weight is 224 g/mol. The van der Waals surface area contributed by atoms with E-state index in [1.54, 1.807) is 18.7 Å². The third-order valence-electron chi connectivity index (χ3n) is 3.37. The molecular formula is C12H20N2O2. The number of carbonyl (C=O) groups excluding carboxylic acids is 2. The molecule has 0 aromatic carbocycles. The number of nitrogens with one attached hydrogen (secondary N) is 1. The summed E-state index contributed by atoms with van der Waals surface area (Å²) in [7, 11) is 0. The van der Waals surface area contributed by atoms with Crippen LogP contribution in [0.25, 0.3) is 0 Å². The van der Waals surface area contributed by atoms with Crippen molar-refractivity contribution < 1.29 is 9.59 Å². The van der Waals surface area contributed by atoms with E-state index in [9.17, 15) is 9.59 Å². The van der Waals surface area contributed by atoms with Crippen LogP contribution in [0.5, 0.6) is 0 Å². The van der Waals surface area contributed by atoms with Crippen LogP contribution in [0.4, 0.5) is 0 Å². The van der Waals surface area contributed by atoms with E-state index in [-0.39, 0.29) is 17.9 Å². The highest BCUT2D eigenvalue weighted by atomic mass is 16.2. The van der Waals surface area contributed by atoms with Crippen LogP contribution in [0, 0.1) is 5.92 Å². The minimum absolute atomic E-state index is 0.0283. The summed E-state index contributed by atoms with van der Waals surface area (Å²) in [5.74, 6) is 0.484. The van der Waals surface area contributed by atoms with Crippen LogP contribution < -0.4 is 5.32 Å². The van der Waals surface area contributed by atoms with Crippen molar-refractivity contribution in [3.05, 3.63) is 0 Å². The van der Waals surface area contributed by atoms with E-state index in [0.29, 0.717) is 12.5 Å². The van der Waals surface area contributed by atoms with Gasteiger partial charge in [-0.25, -0.2) is 0 Å². The topological polar surface area (TPSA) is 49.4 Å². The van der Waals surface area contributed by atoms with Crippen molar-refractivity contribution >= 4 is 11.8 Å². The molecule has 1 unspecified atom stereocenters. The quantitative estimate of drug-likeness (QED) is 0.774. The van der Waals surface area contributed by atoms with E-state index < -0.39 is 5.54 Å². The summed E-state index contributed by atoms with van der Waals surface area (Å²) < 4.78 is 0. The lowest BCUT2D eigenvalue weighted by Crippen LogP contribution is -2.68. The molecule has 1 atom stereocenters. The van der Waals surface area contributed by atoms with E-state index in [1.807, 2.05) is 6.92 Å². The molecule has 1 aliphatic carbocycles. The first-order valence-corrected chi connectivity index (χ1v) is 6.10. The Bertz CT molecular complexity index is 321. The van der Waals surface area contributed by atoms with Gasteiger partial charge in [-0.15, -0.1) is 0 Å². The monoisotopic (exact) mass is 224 g/mol. The van der Waals surface area contributed by atoms with Crippen molar-refractivity contribution in [3.63, 3.8) is 0 Å². The smallest absolute Gasteiger partial charge is 0.248 e. The maximum absolute atomic E-state index is 12.2. The fourth-order valence-electron chi connectivity index (χ4n) is 2.42. The van der Waals surface area contributed by atoms with E-state index in [1.165, 1.54) is 0 Å². The molecule has 0 bridgehead atoms. The molecule has 2 amide bonds. The van der Waals surface area contributed by atoms with Gasteiger partial charge in [0.05, 0.1) is 0 Å². The van der Waals surface area contributed by atoms with Gasteiger partial charge in [-0.1, -0.05) is 6.92 Å². The Morgan fingerprint density at radius 2 is 2.00 bits per heavy atom. The predicted molar refractivity (Wildman–Crippen MR) is 60.7 cm³/mol. The molecular weight excluding hydrogens is 204 g/mol. The number of piperazine rings is 1. The lowest BCUT2D eigenvalue weighted by atomic mass is 9.94. The molecule has 0 aromatic heterocycles. The van der Waals surface area contributed by atoms with Crippen LogP contribution in [0.1, 0.15) is 40.0 Å². The van der Waals surface area contributed by atoms with Crippen LogP contribution in [0.15, 0.2) is 0 Å². The van der Waals surface area contributed by atoms with Gasteiger partial charge in [0.2, 0.25) is 11.8 Å². The predicted octanol–water partition coefficient (Wildman–Crippen LogP) is 0.912. The van der Waals surface area contributed by atoms with E-state index in [0.717, 1.165) is 19.3 Å². The highest BCUT2D eigenvalue weighted by Gasteiger charge is 2.50. The first-order chi connectivity index (χ1) is 7.47. The maximum atomic E-state index is 12.2. The van der Waals surface area contributed by atoms with E-state index in [2.05, 4.69) is 5.32 Å². The molecule has 16 heavy (non-hydrogen) atoms. The molecule has 0 radical (unpaired) electrons. The standard InChI is InChI=1S/C12H20N2O2/c1-4-7-14-9(8-5-6-8)10(15)13-12(2,3)11(14)16/h8-9H,4-7H2,1-3H3,(H,13,15). The molecule has 1 N–H and O–H groups in total. The summed E-state index contributed by atoms with van der Waals surface area (Å²) in [6.07, 6.45) is 3.05. The van der Waals surface area contributed by atoms with Gasteiger partial charge in [-0.2, -0.15) is 0 Å². The third-order valence-corrected chi connectivity index (χ3v) is 3.37. The Balaban J connectivity index is 2.24. The molecule has 0 spiro atoms. The first kappa shape index (κ1) is 11.4. The zero-order valence-corrected chi connectivity index (χ0v) is 10.2. The Morgan fingerprint density at radius 1 is 1.38 bits per heavy atom. The zero-order valence-electron chi connectivity index (χ0n) is 10.2. The van der Waals surface area contributed by atoms with Gasteiger partial charge in [0.15, 0.2) is 0 Å². The second-order valence-electron chi connectivity index (χ2n) is 5.40. The fourth-order valence-corrected chi connectivity index (χ4v) is 2.42. The Hall–Kier alpha value is -1.06. The van der Waals surface area contributed by atoms with E-state index >= 15 is 0 Å². The minimum Gasteiger partial charge on any atom is -0.340 e. The fraction of sp³-hybridized carbons (Fsp3) is 0.833. The SMILES string of the molecule is CCCN1C(=O)C(C)(C)NC(=O)C1C1CC1. The van der Waals surface area contributed by atoms with Crippen molar-refractivity contribution in [1.82, 2.24) is 10.2 Å². The van der Waals surface area contributed by atoms with Gasteiger partial charge in [-0.3, -0.25) is 9.59 Å². The van der Waals surface area contributed by atoms with Gasteiger partial charge in [-0.05, 0) is 39.0 Å². The largest absolute Gasteiger partial charge is 0.340 e. The summed E-state index contributed by atoms with van der Waals surface area (Å²) in [6, 6.07) is -0.208. The number of carbonyl (C=O) groups is 2. The van der Waals surface area contributed by atoms with Crippen LogP contribution >= 0.6 is 0 Å². The summed E-state index contributed by atoms with van der Waals surface area (Å²) >= 11 is 0. The normalized spacial score (nSPS) is 29.2. The number of amides is 2. The van der Waals surface area contributed by atoms with Crippen molar-refractivity contribution in [2.45, 2.75) is 51.6 Å². The van der Waals surface area contributed by atoms with Crippen LogP contribution in [0.2, 0.25) is 0 Å². The number of hydrogen-bond donors (Lipinski definition) is 1. The number of hydrogen-bond acceptors (Lipinski definition) is 2. The Kier molecular flexibility index (Phi) is 2.68. The summed E-state index contributed by atoms with van der Waals surface area (Å²) in [5, 5.41) is 2.84. The van der Waals surface area contributed by atoms with Gasteiger partial charge in [0.1, 0.15) is 11.6 Å². The minimum atomic E-state index is -0.738. The van der Waals surface area contributed by atoms with Crippen molar-refractivity contribution in [2.24, 2.45) is 5.92 Å². The van der Waals surface area contributed by atoms with Crippen LogP contribution in [0.3, 0.4) is 0 Å². The number of rotatable bonds is 3. The number of nitrogens with zero attached hydrogens (tertiary/aromatic N) is 1. The molecule has 4 nitrogen and oxygen atoms in total. The molecule has 1 heterocycles. The molecule has 2 aliphatic rings. The van der Waals surface area contributed by atoms with Gasteiger partial charge >= 0.3 is 0 Å². The summed E-state index contributed by atoms with van der Waals surface area (Å²) in [6.45, 7) is 6.28. The van der Waals surface area contributed by atoms with Crippen LogP contribution in [-0.2, 0) is 9.59 Å². The lowest BCUT2D eigenvalue weighted by Gasteiger charge is -2.43. The van der Waals surface area contributed by atoms with E-state index in [4.69, 9.17) is 0 Å². The second-order valence-corrected chi connectivity index (χ2v) is 5.40. The molecule has 1 saturated heterocycles. The Labute approximate surface area is 96.4 Å². The average Bonchev–Trinajstić information content (AvgIpc) is 2.97. The zero-order chi connectivity index (χ0) is 11.9. The van der Waals surface area contributed by atoms with Gasteiger partial charge in [0, 0.05) is 6.54 Å². The second kappa shape index (κ2) is 3.75. The molecule has 0 aromatic rings. The molecule has 1 saturated carbocycles. The highest BCUT2D eigenvalue weighted by molar-refractivity contribution is 5.99. The maximum Gasteiger partial charge on any atom is 0.248 e. The Morgan fingerprint density at radius 3 is 2.50 bits per heavy atom. The highest BCUT2D eigenvalue weighted by Crippen LogP contribution is 2.38. The molecule has 90 valence electrons. The first-order valence-electron chi connectivity index (χ1n) is 6.10. The van der Waals surface area contributed by atoms with Gasteiger partial charge < -0.3 is 10.2 Å². The molecule has 1 aliphatic heterocycles. The van der Waals surface area contributed by atoms with Crippen molar-refractivity contribution in [1.29, 1.82) is 0 Å². The van der Waals surface area contributed by atoms with Crippen molar-refractivity contribution in [2.75, 3.05) is 6.54 Å². The summed E-state index contributed by atoms with van der Waals surface area (Å²) in [4.78, 5) is 26.0. The van der Waals surface area contributed by atoms with Crippen molar-refractivity contribution in [3.8, 4) is 0 Å². The molecule has 2 fully saturated rings. The molecule has 4 heteroatoms. The van der Waals surface area contributed by atoms with Gasteiger partial charge in [0.25, 0.3) is 0 Å². The summed E-state index contributed by atoms with van der Waals surface area (Å²) in [5.41, 5.74) is -0.738. The molecule has 2 rings (SSSR count).